The molecule has 1 saturated heterocycles. The largest absolute Gasteiger partial charge is 0.335 e. The average molecular weight is 433 g/mol. The van der Waals surface area contributed by atoms with E-state index in [2.05, 4.69) is 36.1 Å². The lowest BCUT2D eigenvalue weighted by Crippen LogP contribution is -2.34. The van der Waals surface area contributed by atoms with Gasteiger partial charge in [-0.25, -0.2) is 14.1 Å². The normalized spacial score (nSPS) is 24.5. The fourth-order valence-electron chi connectivity index (χ4n) is 5.54. The zero-order valence-corrected chi connectivity index (χ0v) is 18.1. The van der Waals surface area contributed by atoms with Gasteiger partial charge in [0.1, 0.15) is 5.82 Å². The minimum atomic E-state index is -0.260. The van der Waals surface area contributed by atoms with Gasteiger partial charge in [0, 0.05) is 35.5 Å². The number of nitrogens with zero attached hydrogens (tertiary/aromatic N) is 4. The topological polar surface area (TPSA) is 51.0 Å². The third-order valence-electron chi connectivity index (χ3n) is 7.23. The molecule has 2 aliphatic rings. The second-order valence-electron chi connectivity index (χ2n) is 8.72. The van der Waals surface area contributed by atoms with Gasteiger partial charge in [-0.05, 0) is 66.3 Å². The molecule has 156 valence electrons. The first-order chi connectivity index (χ1) is 15.0. The number of likely N-dealkylation sites (tertiary alicyclic amines) is 1. The third-order valence-corrected chi connectivity index (χ3v) is 7.99. The van der Waals surface area contributed by atoms with E-state index in [1.54, 1.807) is 18.3 Å². The molecule has 6 rings (SSSR count). The van der Waals surface area contributed by atoms with Crippen LogP contribution < -0.4 is 0 Å². The van der Waals surface area contributed by atoms with Crippen molar-refractivity contribution in [3.05, 3.63) is 76.1 Å². The number of carbonyl (C=O) groups excluding carboxylic acids is 1. The Hall–Kier alpha value is -3.06. The summed E-state index contributed by atoms with van der Waals surface area (Å²) in [6.07, 6.45) is 3.55. The van der Waals surface area contributed by atoms with Crippen molar-refractivity contribution in [1.82, 2.24) is 19.7 Å². The van der Waals surface area contributed by atoms with Gasteiger partial charge in [0.2, 0.25) is 0 Å². The number of benzene rings is 2. The van der Waals surface area contributed by atoms with E-state index in [0.717, 1.165) is 29.7 Å². The molecule has 1 saturated carbocycles. The van der Waals surface area contributed by atoms with Crippen LogP contribution in [-0.4, -0.2) is 38.7 Å². The number of halogens is 1. The molecule has 0 radical (unpaired) electrons. The van der Waals surface area contributed by atoms with E-state index in [-0.39, 0.29) is 17.1 Å². The summed E-state index contributed by atoms with van der Waals surface area (Å²) in [5.74, 6) is 0.789. The van der Waals surface area contributed by atoms with Crippen molar-refractivity contribution in [2.75, 3.05) is 13.1 Å². The van der Waals surface area contributed by atoms with Crippen molar-refractivity contribution in [2.24, 2.45) is 11.8 Å². The zero-order valence-electron chi connectivity index (χ0n) is 17.2. The van der Waals surface area contributed by atoms with Crippen LogP contribution in [0.5, 0.6) is 0 Å². The molecular formula is C24H21FN4OS. The minimum absolute atomic E-state index is 0.00314. The molecule has 3 atom stereocenters. The van der Waals surface area contributed by atoms with Crippen LogP contribution in [0.4, 0.5) is 4.39 Å². The molecule has 1 aliphatic heterocycles. The van der Waals surface area contributed by atoms with Gasteiger partial charge in [0.25, 0.3) is 5.91 Å². The Bertz CT molecular complexity index is 1310. The Morgan fingerprint density at radius 1 is 1.26 bits per heavy atom. The van der Waals surface area contributed by atoms with Crippen LogP contribution in [0.2, 0.25) is 0 Å². The summed E-state index contributed by atoms with van der Waals surface area (Å²) < 4.78 is 15.2. The maximum absolute atomic E-state index is 13.3. The monoisotopic (exact) mass is 432 g/mol. The Labute approximate surface area is 183 Å². The zero-order chi connectivity index (χ0) is 21.3. The molecule has 3 heterocycles. The third kappa shape index (κ3) is 2.62. The maximum atomic E-state index is 13.3. The lowest BCUT2D eigenvalue weighted by atomic mass is 9.88. The highest BCUT2D eigenvalue weighted by atomic mass is 32.1. The Morgan fingerprint density at radius 3 is 2.81 bits per heavy atom. The summed E-state index contributed by atoms with van der Waals surface area (Å²) in [6.45, 7) is 5.95. The molecule has 1 amide bonds. The van der Waals surface area contributed by atoms with Crippen molar-refractivity contribution in [3.8, 4) is 5.69 Å². The maximum Gasteiger partial charge on any atom is 0.282 e. The molecule has 4 aromatic rings. The highest BCUT2D eigenvalue weighted by molar-refractivity contribution is 7.11. The van der Waals surface area contributed by atoms with Gasteiger partial charge in [-0.1, -0.05) is 6.92 Å². The lowest BCUT2D eigenvalue weighted by molar-refractivity contribution is 0.0764. The lowest BCUT2D eigenvalue weighted by Gasteiger charge is -2.24. The number of amides is 1. The van der Waals surface area contributed by atoms with Crippen LogP contribution in [-0.2, 0) is 5.41 Å². The number of aryl methyl sites for hydroxylation is 1. The Balaban J connectivity index is 1.37. The molecule has 0 N–H and O–H groups in total. The van der Waals surface area contributed by atoms with E-state index < -0.39 is 0 Å². The SMILES string of the molecule is Cc1cc2c(cnn2-c2ccc(F)cc2)cc1[C@@]12CN(C(=O)c3nccs3)C[C@@H]1[C@H]2C. The number of piperidine rings is 1. The predicted octanol–water partition coefficient (Wildman–Crippen LogP) is 4.59. The quantitative estimate of drug-likeness (QED) is 0.476. The molecule has 2 aromatic heterocycles. The van der Waals surface area contributed by atoms with Gasteiger partial charge in [0.05, 0.1) is 17.4 Å². The highest BCUT2D eigenvalue weighted by Crippen LogP contribution is 2.64. The summed E-state index contributed by atoms with van der Waals surface area (Å²) in [6, 6.07) is 10.8. The summed E-state index contributed by atoms with van der Waals surface area (Å²) in [5.41, 5.74) is 4.35. The first kappa shape index (κ1) is 18.7. The number of carbonyl (C=O) groups is 1. The van der Waals surface area contributed by atoms with Crippen LogP contribution in [0, 0.1) is 24.6 Å². The van der Waals surface area contributed by atoms with Gasteiger partial charge in [-0.3, -0.25) is 4.79 Å². The number of fused-ring (bicyclic) bond motifs is 2. The molecule has 2 aromatic carbocycles. The fourth-order valence-corrected chi connectivity index (χ4v) is 6.15. The standard InChI is InChI=1S/C24H21FN4OS/c1-14-9-21-16(11-27-29(21)18-5-3-17(25)4-6-18)10-19(14)24-13-28(12-20(24)15(24)2)23(30)22-26-7-8-31-22/h3-11,15,20H,12-13H2,1-2H3/t15-,20-,24+/m1/s1. The number of rotatable bonds is 3. The number of thiazole rings is 1. The van der Waals surface area contributed by atoms with E-state index in [4.69, 9.17) is 0 Å². The first-order valence-corrected chi connectivity index (χ1v) is 11.3. The second kappa shape index (κ2) is 6.47. The predicted molar refractivity (Wildman–Crippen MR) is 118 cm³/mol. The summed E-state index contributed by atoms with van der Waals surface area (Å²) >= 11 is 1.40. The van der Waals surface area contributed by atoms with Gasteiger partial charge in [-0.15, -0.1) is 11.3 Å². The van der Waals surface area contributed by atoms with Crippen molar-refractivity contribution in [2.45, 2.75) is 19.3 Å². The summed E-state index contributed by atoms with van der Waals surface area (Å²) in [5, 5.41) is 8.03. The van der Waals surface area contributed by atoms with Crippen LogP contribution in [0.25, 0.3) is 16.6 Å². The molecule has 7 heteroatoms. The summed E-state index contributed by atoms with van der Waals surface area (Å²) in [4.78, 5) is 19.0. The number of aromatic nitrogens is 3. The molecule has 0 spiro atoms. The van der Waals surface area contributed by atoms with Crippen LogP contribution in [0.15, 0.2) is 54.2 Å². The first-order valence-electron chi connectivity index (χ1n) is 10.4. The van der Waals surface area contributed by atoms with Crippen LogP contribution in [0.1, 0.15) is 27.9 Å². The van der Waals surface area contributed by atoms with Gasteiger partial charge in [0.15, 0.2) is 5.01 Å². The van der Waals surface area contributed by atoms with E-state index in [0.29, 0.717) is 16.8 Å². The number of hydrogen-bond donors (Lipinski definition) is 0. The van der Waals surface area contributed by atoms with E-state index >= 15 is 0 Å². The van der Waals surface area contributed by atoms with Gasteiger partial charge in [-0.2, -0.15) is 5.10 Å². The molecule has 31 heavy (non-hydrogen) atoms. The van der Waals surface area contributed by atoms with E-state index in [1.807, 2.05) is 21.2 Å². The molecule has 2 fully saturated rings. The molecule has 0 bridgehead atoms. The van der Waals surface area contributed by atoms with Gasteiger partial charge >= 0.3 is 0 Å². The molecule has 0 unspecified atom stereocenters. The van der Waals surface area contributed by atoms with Crippen LogP contribution in [0.3, 0.4) is 0 Å². The van der Waals surface area contributed by atoms with Crippen molar-refractivity contribution in [1.29, 1.82) is 0 Å². The van der Waals surface area contributed by atoms with E-state index in [9.17, 15) is 9.18 Å². The van der Waals surface area contributed by atoms with Crippen molar-refractivity contribution < 1.29 is 9.18 Å². The molecular weight excluding hydrogens is 411 g/mol. The average Bonchev–Trinajstić information content (AvgIpc) is 3.33. The number of hydrogen-bond acceptors (Lipinski definition) is 4. The Morgan fingerprint density at radius 2 is 2.06 bits per heavy atom. The smallest absolute Gasteiger partial charge is 0.282 e. The van der Waals surface area contributed by atoms with Crippen LogP contribution >= 0.6 is 11.3 Å². The minimum Gasteiger partial charge on any atom is -0.335 e. The highest BCUT2D eigenvalue weighted by Gasteiger charge is 2.68. The van der Waals surface area contributed by atoms with Crippen molar-refractivity contribution in [3.63, 3.8) is 0 Å². The summed E-state index contributed by atoms with van der Waals surface area (Å²) in [7, 11) is 0. The fraction of sp³-hybridized carbons (Fsp3) is 0.292. The van der Waals surface area contributed by atoms with E-state index in [1.165, 1.54) is 34.6 Å². The van der Waals surface area contributed by atoms with Gasteiger partial charge < -0.3 is 4.90 Å². The molecule has 5 nitrogen and oxygen atoms in total. The molecule has 1 aliphatic carbocycles. The Kier molecular flexibility index (Phi) is 3.90. The second-order valence-corrected chi connectivity index (χ2v) is 9.61. The van der Waals surface area contributed by atoms with Crippen molar-refractivity contribution >= 4 is 28.1 Å².